The molecule has 0 radical (unpaired) electrons. The lowest BCUT2D eigenvalue weighted by Crippen LogP contribution is -2.23. The standard InChI is InChI=1S/C24H23FN2O3/c1-17-5-6-19(15-23(17)29-2)11-13-27-24(28)10-8-18-7-9-22(21(25)14-18)30-20-4-3-12-26-16-20/h3-10,12,14-16H,11,13H2,1-2H3,(H,27,28)/b10-8+. The summed E-state index contributed by atoms with van der Waals surface area (Å²) in [5.74, 6) is 0.611. The highest BCUT2D eigenvalue weighted by Crippen LogP contribution is 2.25. The van der Waals surface area contributed by atoms with Crippen molar-refractivity contribution in [1.82, 2.24) is 10.3 Å². The van der Waals surface area contributed by atoms with Gasteiger partial charge in [-0.25, -0.2) is 4.39 Å². The minimum absolute atomic E-state index is 0.0955. The molecular weight excluding hydrogens is 383 g/mol. The van der Waals surface area contributed by atoms with Crippen LogP contribution in [0, 0.1) is 12.7 Å². The number of methoxy groups -OCH3 is 1. The molecule has 0 aliphatic rings. The highest BCUT2D eigenvalue weighted by atomic mass is 19.1. The van der Waals surface area contributed by atoms with Crippen LogP contribution in [0.2, 0.25) is 0 Å². The lowest BCUT2D eigenvalue weighted by atomic mass is 10.1. The molecule has 0 bridgehead atoms. The SMILES string of the molecule is COc1cc(CCNC(=O)/C=C/c2ccc(Oc3cccnc3)c(F)c2)ccc1C. The van der Waals surface area contributed by atoms with E-state index in [1.165, 1.54) is 24.4 Å². The highest BCUT2D eigenvalue weighted by Gasteiger charge is 2.06. The number of pyridine rings is 1. The van der Waals surface area contributed by atoms with E-state index in [4.69, 9.17) is 9.47 Å². The molecule has 0 atom stereocenters. The number of carbonyl (C=O) groups is 1. The number of benzene rings is 2. The molecule has 0 aliphatic carbocycles. The normalized spacial score (nSPS) is 10.8. The second kappa shape index (κ2) is 10.2. The van der Waals surface area contributed by atoms with Crippen molar-refractivity contribution >= 4 is 12.0 Å². The van der Waals surface area contributed by atoms with Gasteiger partial charge in [-0.05, 0) is 66.4 Å². The predicted octanol–water partition coefficient (Wildman–Crippen LogP) is 4.70. The summed E-state index contributed by atoms with van der Waals surface area (Å²) in [5, 5.41) is 2.82. The predicted molar refractivity (Wildman–Crippen MR) is 114 cm³/mol. The van der Waals surface area contributed by atoms with Crippen molar-refractivity contribution in [2.75, 3.05) is 13.7 Å². The molecule has 5 nitrogen and oxygen atoms in total. The van der Waals surface area contributed by atoms with E-state index in [1.54, 1.807) is 37.6 Å². The molecule has 3 rings (SSSR count). The first-order valence-electron chi connectivity index (χ1n) is 9.52. The molecule has 0 spiro atoms. The van der Waals surface area contributed by atoms with Gasteiger partial charge in [-0.3, -0.25) is 9.78 Å². The van der Waals surface area contributed by atoms with Crippen molar-refractivity contribution < 1.29 is 18.7 Å². The summed E-state index contributed by atoms with van der Waals surface area (Å²) in [7, 11) is 1.64. The van der Waals surface area contributed by atoms with Crippen LogP contribution in [0.25, 0.3) is 6.08 Å². The first kappa shape index (κ1) is 21.0. The molecule has 1 N–H and O–H groups in total. The number of ether oxygens (including phenoxy) is 2. The van der Waals surface area contributed by atoms with Crippen LogP contribution in [0.4, 0.5) is 4.39 Å². The van der Waals surface area contributed by atoms with E-state index in [2.05, 4.69) is 10.3 Å². The van der Waals surface area contributed by atoms with Crippen LogP contribution in [0.15, 0.2) is 67.0 Å². The monoisotopic (exact) mass is 406 g/mol. The average Bonchev–Trinajstić information content (AvgIpc) is 2.76. The Kier molecular flexibility index (Phi) is 7.16. The van der Waals surface area contributed by atoms with E-state index < -0.39 is 5.82 Å². The molecular formula is C24H23FN2O3. The van der Waals surface area contributed by atoms with Crippen molar-refractivity contribution in [1.29, 1.82) is 0 Å². The maximum Gasteiger partial charge on any atom is 0.244 e. The summed E-state index contributed by atoms with van der Waals surface area (Å²) >= 11 is 0. The van der Waals surface area contributed by atoms with Gasteiger partial charge in [0.1, 0.15) is 11.5 Å². The summed E-state index contributed by atoms with van der Waals surface area (Å²) in [5.41, 5.74) is 2.70. The number of aryl methyl sites for hydroxylation is 1. The van der Waals surface area contributed by atoms with Gasteiger partial charge in [0.25, 0.3) is 0 Å². The Labute approximate surface area is 175 Å². The molecule has 0 saturated heterocycles. The van der Waals surface area contributed by atoms with E-state index in [0.717, 1.165) is 16.9 Å². The van der Waals surface area contributed by atoms with Gasteiger partial charge in [0.15, 0.2) is 11.6 Å². The van der Waals surface area contributed by atoms with Crippen LogP contribution in [-0.4, -0.2) is 24.5 Å². The quantitative estimate of drug-likeness (QED) is 0.551. The molecule has 6 heteroatoms. The maximum absolute atomic E-state index is 14.3. The van der Waals surface area contributed by atoms with Gasteiger partial charge in [-0.15, -0.1) is 0 Å². The van der Waals surface area contributed by atoms with Crippen molar-refractivity contribution in [2.24, 2.45) is 0 Å². The summed E-state index contributed by atoms with van der Waals surface area (Å²) in [4.78, 5) is 16.0. The van der Waals surface area contributed by atoms with E-state index in [1.807, 2.05) is 25.1 Å². The zero-order valence-corrected chi connectivity index (χ0v) is 16.9. The number of halogens is 1. The van der Waals surface area contributed by atoms with E-state index >= 15 is 0 Å². The Morgan fingerprint density at radius 3 is 2.77 bits per heavy atom. The van der Waals surface area contributed by atoms with Crippen molar-refractivity contribution in [3.8, 4) is 17.2 Å². The Morgan fingerprint density at radius 2 is 2.03 bits per heavy atom. The molecule has 1 amide bonds. The second-order valence-electron chi connectivity index (χ2n) is 6.66. The molecule has 30 heavy (non-hydrogen) atoms. The smallest absolute Gasteiger partial charge is 0.244 e. The summed E-state index contributed by atoms with van der Waals surface area (Å²) in [6.07, 6.45) is 6.74. The van der Waals surface area contributed by atoms with Gasteiger partial charge in [0.05, 0.1) is 13.3 Å². The topological polar surface area (TPSA) is 60.5 Å². The van der Waals surface area contributed by atoms with Gasteiger partial charge >= 0.3 is 0 Å². The number of hydrogen-bond donors (Lipinski definition) is 1. The third-order valence-corrected chi connectivity index (χ3v) is 4.43. The molecule has 0 unspecified atom stereocenters. The lowest BCUT2D eigenvalue weighted by molar-refractivity contribution is -0.116. The number of carbonyl (C=O) groups excluding carboxylic acids is 1. The van der Waals surface area contributed by atoms with Crippen LogP contribution in [0.5, 0.6) is 17.2 Å². The summed E-state index contributed by atoms with van der Waals surface area (Å²) < 4.78 is 25.0. The van der Waals surface area contributed by atoms with E-state index in [0.29, 0.717) is 24.3 Å². The van der Waals surface area contributed by atoms with Crippen LogP contribution in [0.3, 0.4) is 0 Å². The molecule has 3 aromatic rings. The Balaban J connectivity index is 1.51. The molecule has 0 saturated carbocycles. The van der Waals surface area contributed by atoms with E-state index in [9.17, 15) is 9.18 Å². The molecule has 0 fully saturated rings. The average molecular weight is 406 g/mol. The zero-order chi connectivity index (χ0) is 21.3. The summed E-state index contributed by atoms with van der Waals surface area (Å²) in [6.45, 7) is 2.47. The minimum atomic E-state index is -0.519. The first-order chi connectivity index (χ1) is 14.5. The fourth-order valence-electron chi connectivity index (χ4n) is 2.82. The largest absolute Gasteiger partial charge is 0.496 e. The fraction of sp³-hybridized carbons (Fsp3) is 0.167. The Hall–Kier alpha value is -3.67. The number of nitrogens with one attached hydrogen (secondary N) is 1. The number of amides is 1. The van der Waals surface area contributed by atoms with Crippen molar-refractivity contribution in [2.45, 2.75) is 13.3 Å². The van der Waals surface area contributed by atoms with Crippen LogP contribution in [0.1, 0.15) is 16.7 Å². The lowest BCUT2D eigenvalue weighted by Gasteiger charge is -2.08. The van der Waals surface area contributed by atoms with Gasteiger partial charge in [-0.2, -0.15) is 0 Å². The number of nitrogens with zero attached hydrogens (tertiary/aromatic N) is 1. The maximum atomic E-state index is 14.3. The van der Waals surface area contributed by atoms with E-state index in [-0.39, 0.29) is 11.7 Å². The number of aromatic nitrogens is 1. The van der Waals surface area contributed by atoms with Crippen LogP contribution < -0.4 is 14.8 Å². The van der Waals surface area contributed by atoms with Crippen molar-refractivity contribution in [3.63, 3.8) is 0 Å². The van der Waals surface area contributed by atoms with Gasteiger partial charge < -0.3 is 14.8 Å². The molecule has 2 aromatic carbocycles. The molecule has 1 heterocycles. The Morgan fingerprint density at radius 1 is 1.17 bits per heavy atom. The third-order valence-electron chi connectivity index (χ3n) is 4.43. The Bertz CT molecular complexity index is 1040. The number of rotatable bonds is 8. The highest BCUT2D eigenvalue weighted by molar-refractivity contribution is 5.91. The molecule has 1 aromatic heterocycles. The van der Waals surface area contributed by atoms with Gasteiger partial charge in [-0.1, -0.05) is 18.2 Å². The molecule has 0 aliphatic heterocycles. The molecule has 154 valence electrons. The van der Waals surface area contributed by atoms with Crippen LogP contribution in [-0.2, 0) is 11.2 Å². The number of hydrogen-bond acceptors (Lipinski definition) is 4. The van der Waals surface area contributed by atoms with Gasteiger partial charge in [0.2, 0.25) is 5.91 Å². The first-order valence-corrected chi connectivity index (χ1v) is 9.52. The third kappa shape index (κ3) is 5.91. The summed E-state index contributed by atoms with van der Waals surface area (Å²) in [6, 6.07) is 13.9. The zero-order valence-electron chi connectivity index (χ0n) is 16.9. The second-order valence-corrected chi connectivity index (χ2v) is 6.66. The fourth-order valence-corrected chi connectivity index (χ4v) is 2.82. The van der Waals surface area contributed by atoms with Crippen LogP contribution >= 0.6 is 0 Å². The van der Waals surface area contributed by atoms with Crippen molar-refractivity contribution in [3.05, 3.63) is 89.5 Å². The minimum Gasteiger partial charge on any atom is -0.496 e. The van der Waals surface area contributed by atoms with Gasteiger partial charge in [0, 0.05) is 18.8 Å².